The molecular weight excluding hydrogens is 382 g/mol. The third-order valence-corrected chi connectivity index (χ3v) is 6.40. The molecule has 0 radical (unpaired) electrons. The summed E-state index contributed by atoms with van der Waals surface area (Å²) in [6.45, 7) is 2.76. The van der Waals surface area contributed by atoms with Crippen molar-refractivity contribution in [3.63, 3.8) is 0 Å². The van der Waals surface area contributed by atoms with E-state index in [-0.39, 0.29) is 0 Å². The van der Waals surface area contributed by atoms with Crippen LogP contribution in [-0.4, -0.2) is 44.8 Å². The van der Waals surface area contributed by atoms with E-state index in [0.717, 1.165) is 58.6 Å². The molecule has 0 N–H and O–H groups in total. The minimum Gasteiger partial charge on any atom is -0.489 e. The lowest BCUT2D eigenvalue weighted by atomic mass is 9.96. The summed E-state index contributed by atoms with van der Waals surface area (Å²) in [5.74, 6) is 2.29. The van der Waals surface area contributed by atoms with Gasteiger partial charge < -0.3 is 9.64 Å². The Morgan fingerprint density at radius 2 is 1.76 bits per heavy atom. The minimum absolute atomic E-state index is 0.435. The second-order valence-electron chi connectivity index (χ2n) is 7.54. The molecule has 0 aliphatic carbocycles. The van der Waals surface area contributed by atoms with E-state index < -0.39 is 0 Å². The van der Waals surface area contributed by atoms with Gasteiger partial charge in [-0.15, -0.1) is 10.2 Å². The molecule has 0 spiro atoms. The number of likely N-dealkylation sites (tertiary alicyclic amines) is 1. The van der Waals surface area contributed by atoms with E-state index >= 15 is 0 Å². The molecule has 148 valence electrons. The average Bonchev–Trinajstić information content (AvgIpc) is 3.35. The molecule has 0 amide bonds. The van der Waals surface area contributed by atoms with Gasteiger partial charge in [-0.25, -0.2) is 0 Å². The van der Waals surface area contributed by atoms with E-state index in [1.165, 1.54) is 0 Å². The first kappa shape index (κ1) is 18.3. The smallest absolute Gasteiger partial charge is 0.234 e. The standard InChI is InChI=1S/C22H23N5OS/c1-26-13-11-17(12-14-26)20-23-24-22-27(20)25-21(29-22)18-7-9-19(10-8-18)28-15-16-5-3-2-4-6-16/h2-10,17H,11-15H2,1H3. The van der Waals surface area contributed by atoms with Crippen LogP contribution in [0.3, 0.4) is 0 Å². The Bertz CT molecular complexity index is 1080. The number of fused-ring (bicyclic) bond motifs is 1. The van der Waals surface area contributed by atoms with Crippen molar-refractivity contribution in [2.45, 2.75) is 25.4 Å². The number of benzene rings is 2. The van der Waals surface area contributed by atoms with Crippen molar-refractivity contribution in [2.24, 2.45) is 0 Å². The molecule has 6 nitrogen and oxygen atoms in total. The van der Waals surface area contributed by atoms with Crippen molar-refractivity contribution in [2.75, 3.05) is 20.1 Å². The third-order valence-electron chi connectivity index (χ3n) is 5.45. The van der Waals surface area contributed by atoms with Gasteiger partial charge in [0.1, 0.15) is 17.4 Å². The summed E-state index contributed by atoms with van der Waals surface area (Å²) in [7, 11) is 2.17. The first-order valence-corrected chi connectivity index (χ1v) is 10.8. The Kier molecular flexibility index (Phi) is 4.99. The summed E-state index contributed by atoms with van der Waals surface area (Å²) in [6, 6.07) is 18.3. The molecular formula is C22H23N5OS. The molecule has 1 fully saturated rings. The fourth-order valence-electron chi connectivity index (χ4n) is 3.70. The predicted octanol–water partition coefficient (Wildman–Crippen LogP) is 4.24. The highest BCUT2D eigenvalue weighted by molar-refractivity contribution is 7.19. The highest BCUT2D eigenvalue weighted by atomic mass is 32.1. The van der Waals surface area contributed by atoms with Gasteiger partial charge in [0.2, 0.25) is 4.96 Å². The van der Waals surface area contributed by atoms with Crippen LogP contribution in [0.2, 0.25) is 0 Å². The van der Waals surface area contributed by atoms with Crippen LogP contribution < -0.4 is 4.74 Å². The fourth-order valence-corrected chi connectivity index (χ4v) is 4.56. The molecule has 0 unspecified atom stereocenters. The summed E-state index contributed by atoms with van der Waals surface area (Å²) >= 11 is 1.58. The fraction of sp³-hybridized carbons (Fsp3) is 0.318. The van der Waals surface area contributed by atoms with E-state index in [1.54, 1.807) is 11.3 Å². The van der Waals surface area contributed by atoms with E-state index in [0.29, 0.717) is 12.5 Å². The van der Waals surface area contributed by atoms with Crippen LogP contribution in [0, 0.1) is 0 Å². The quantitative estimate of drug-likeness (QED) is 0.497. The van der Waals surface area contributed by atoms with Crippen molar-refractivity contribution in [1.29, 1.82) is 0 Å². The average molecular weight is 406 g/mol. The van der Waals surface area contributed by atoms with Crippen molar-refractivity contribution in [3.8, 4) is 16.3 Å². The van der Waals surface area contributed by atoms with Crippen molar-refractivity contribution < 1.29 is 4.74 Å². The van der Waals surface area contributed by atoms with Crippen LogP contribution in [0.1, 0.15) is 30.1 Å². The summed E-state index contributed by atoms with van der Waals surface area (Å²) < 4.78 is 7.83. The Balaban J connectivity index is 1.31. The molecule has 0 saturated carbocycles. The second-order valence-corrected chi connectivity index (χ2v) is 8.49. The van der Waals surface area contributed by atoms with E-state index in [1.807, 2.05) is 34.8 Å². The van der Waals surface area contributed by atoms with Gasteiger partial charge in [-0.1, -0.05) is 41.7 Å². The number of piperidine rings is 1. The van der Waals surface area contributed by atoms with Crippen LogP contribution in [0.25, 0.3) is 15.5 Å². The van der Waals surface area contributed by atoms with Crippen LogP contribution in [0.5, 0.6) is 5.75 Å². The van der Waals surface area contributed by atoms with E-state index in [2.05, 4.69) is 46.4 Å². The Morgan fingerprint density at radius 3 is 2.52 bits per heavy atom. The summed E-state index contributed by atoms with van der Waals surface area (Å²) in [5, 5.41) is 14.6. The van der Waals surface area contributed by atoms with Crippen LogP contribution in [0.4, 0.5) is 0 Å². The van der Waals surface area contributed by atoms with Gasteiger partial charge in [-0.2, -0.15) is 9.61 Å². The Labute approximate surface area is 173 Å². The van der Waals surface area contributed by atoms with Gasteiger partial charge in [-0.05, 0) is 62.8 Å². The molecule has 3 heterocycles. The maximum atomic E-state index is 5.89. The molecule has 29 heavy (non-hydrogen) atoms. The molecule has 7 heteroatoms. The summed E-state index contributed by atoms with van der Waals surface area (Å²) in [6.07, 6.45) is 2.22. The molecule has 5 rings (SSSR count). The monoisotopic (exact) mass is 405 g/mol. The topological polar surface area (TPSA) is 55.5 Å². The normalized spacial score (nSPS) is 15.8. The number of hydrogen-bond acceptors (Lipinski definition) is 6. The van der Waals surface area contributed by atoms with Crippen molar-refractivity contribution >= 4 is 16.3 Å². The Morgan fingerprint density at radius 1 is 1.00 bits per heavy atom. The van der Waals surface area contributed by atoms with Crippen LogP contribution in [-0.2, 0) is 6.61 Å². The van der Waals surface area contributed by atoms with Gasteiger partial charge in [-0.3, -0.25) is 0 Å². The third kappa shape index (κ3) is 3.88. The molecule has 1 aliphatic rings. The van der Waals surface area contributed by atoms with Crippen LogP contribution >= 0.6 is 11.3 Å². The maximum Gasteiger partial charge on any atom is 0.234 e. The highest BCUT2D eigenvalue weighted by Gasteiger charge is 2.24. The largest absolute Gasteiger partial charge is 0.489 e. The lowest BCUT2D eigenvalue weighted by molar-refractivity contribution is 0.250. The number of hydrogen-bond donors (Lipinski definition) is 0. The number of ether oxygens (including phenoxy) is 1. The van der Waals surface area contributed by atoms with Gasteiger partial charge in [0.25, 0.3) is 0 Å². The zero-order chi connectivity index (χ0) is 19.6. The molecule has 4 aromatic rings. The first-order chi connectivity index (χ1) is 14.3. The number of nitrogens with zero attached hydrogens (tertiary/aromatic N) is 5. The summed E-state index contributed by atoms with van der Waals surface area (Å²) in [4.78, 5) is 3.22. The van der Waals surface area contributed by atoms with Gasteiger partial charge in [0, 0.05) is 11.5 Å². The van der Waals surface area contributed by atoms with Gasteiger partial charge in [0.15, 0.2) is 5.82 Å². The molecule has 2 aromatic heterocycles. The lowest BCUT2D eigenvalue weighted by Crippen LogP contribution is -2.30. The van der Waals surface area contributed by atoms with Gasteiger partial charge >= 0.3 is 0 Å². The minimum atomic E-state index is 0.435. The zero-order valence-corrected chi connectivity index (χ0v) is 17.2. The molecule has 0 atom stereocenters. The maximum absolute atomic E-state index is 5.89. The number of aromatic nitrogens is 4. The molecule has 0 bridgehead atoms. The zero-order valence-electron chi connectivity index (χ0n) is 16.4. The SMILES string of the molecule is CN1CCC(c2nnc3sc(-c4ccc(OCc5ccccc5)cc4)nn23)CC1. The molecule has 2 aromatic carbocycles. The molecule has 1 saturated heterocycles. The van der Waals surface area contributed by atoms with Gasteiger partial charge in [0.05, 0.1) is 0 Å². The number of rotatable bonds is 5. The summed E-state index contributed by atoms with van der Waals surface area (Å²) in [5.41, 5.74) is 2.23. The highest BCUT2D eigenvalue weighted by Crippen LogP contribution is 2.31. The first-order valence-electron chi connectivity index (χ1n) is 9.94. The second kappa shape index (κ2) is 7.93. The van der Waals surface area contributed by atoms with E-state index in [4.69, 9.17) is 9.84 Å². The lowest BCUT2D eigenvalue weighted by Gasteiger charge is -2.27. The predicted molar refractivity (Wildman–Crippen MR) is 114 cm³/mol. The Hall–Kier alpha value is -2.77. The molecule has 1 aliphatic heterocycles. The van der Waals surface area contributed by atoms with E-state index in [9.17, 15) is 0 Å². The van der Waals surface area contributed by atoms with Crippen LogP contribution in [0.15, 0.2) is 54.6 Å². The van der Waals surface area contributed by atoms with Crippen molar-refractivity contribution in [1.82, 2.24) is 24.7 Å². The van der Waals surface area contributed by atoms with Crippen molar-refractivity contribution in [3.05, 3.63) is 66.0 Å².